The summed E-state index contributed by atoms with van der Waals surface area (Å²) in [6.45, 7) is 17.8. The number of rotatable bonds is 17. The molecule has 0 saturated heterocycles. The monoisotopic (exact) mass is 496 g/mol. The van der Waals surface area contributed by atoms with Gasteiger partial charge in [0.05, 0.1) is 0 Å². The van der Waals surface area contributed by atoms with Crippen molar-refractivity contribution < 1.29 is 13.6 Å². The summed E-state index contributed by atoms with van der Waals surface area (Å²) in [5.41, 5.74) is 0. The van der Waals surface area contributed by atoms with Crippen molar-refractivity contribution in [1.82, 2.24) is 0 Å². The maximum atomic E-state index is 14.1. The molecule has 156 valence electrons. The molecule has 0 radical (unpaired) electrons. The van der Waals surface area contributed by atoms with Gasteiger partial charge in [-0.15, -0.1) is 0 Å². The number of hydrogen-bond acceptors (Lipinski definition) is 3. The molecule has 0 aliphatic rings. The molecule has 0 amide bonds. The van der Waals surface area contributed by atoms with Crippen molar-refractivity contribution in [2.45, 2.75) is 103 Å². The zero-order chi connectivity index (χ0) is 20.1. The van der Waals surface area contributed by atoms with Crippen LogP contribution in [-0.4, -0.2) is 34.8 Å². The Labute approximate surface area is 168 Å². The summed E-state index contributed by atoms with van der Waals surface area (Å²) < 4.78 is 29.6. The van der Waals surface area contributed by atoms with E-state index in [-0.39, 0.29) is 3.17 Å². The van der Waals surface area contributed by atoms with Crippen LogP contribution in [0.1, 0.15) is 86.5 Å². The molecule has 0 aromatic carbocycles. The van der Waals surface area contributed by atoms with Crippen molar-refractivity contribution in [2.24, 2.45) is 0 Å². The third-order valence-corrected chi connectivity index (χ3v) is 32.4. The second-order valence-electron chi connectivity index (χ2n) is 7.69. The van der Waals surface area contributed by atoms with E-state index in [9.17, 15) is 4.57 Å². The van der Waals surface area contributed by atoms with Gasteiger partial charge in [-0.05, 0) is 0 Å². The molecule has 0 heterocycles. The molecule has 5 heteroatoms. The van der Waals surface area contributed by atoms with Gasteiger partial charge in [0.2, 0.25) is 0 Å². The average molecular weight is 495 g/mol. The van der Waals surface area contributed by atoms with Gasteiger partial charge in [0.15, 0.2) is 0 Å². The first-order valence-electron chi connectivity index (χ1n) is 10.9. The van der Waals surface area contributed by atoms with Crippen LogP contribution < -0.4 is 0 Å². The molecule has 0 aliphatic heterocycles. The molecule has 1 atom stereocenters. The molecule has 26 heavy (non-hydrogen) atoms. The van der Waals surface area contributed by atoms with Crippen LogP contribution in [-0.2, 0) is 13.6 Å². The van der Waals surface area contributed by atoms with Crippen LogP contribution in [0.3, 0.4) is 0 Å². The van der Waals surface area contributed by atoms with E-state index < -0.39 is 26.0 Å². The Bertz CT molecular complexity index is 396. The predicted octanol–water partition coefficient (Wildman–Crippen LogP) is 7.98. The van der Waals surface area contributed by atoms with Crippen molar-refractivity contribution in [3.8, 4) is 0 Å². The molecule has 1 unspecified atom stereocenters. The summed E-state index contributed by atoms with van der Waals surface area (Å²) in [6.07, 6.45) is 10.1. The molecule has 0 saturated carbocycles. The maximum absolute atomic E-state index is 14.1. The van der Waals surface area contributed by atoms with Gasteiger partial charge in [0.1, 0.15) is 0 Å². The molecule has 0 aromatic rings. The van der Waals surface area contributed by atoms with E-state index in [0.29, 0.717) is 13.2 Å². The second-order valence-corrected chi connectivity index (χ2v) is 26.1. The summed E-state index contributed by atoms with van der Waals surface area (Å²) in [6, 6.07) is 0. The van der Waals surface area contributed by atoms with Gasteiger partial charge in [0.25, 0.3) is 0 Å². The zero-order valence-electron chi connectivity index (χ0n) is 18.4. The number of hydrogen-bond donors (Lipinski definition) is 0. The molecule has 0 N–H and O–H groups in total. The van der Waals surface area contributed by atoms with Gasteiger partial charge in [-0.25, -0.2) is 0 Å². The molecular formula is C21H45O3PSn. The van der Waals surface area contributed by atoms with E-state index in [4.69, 9.17) is 9.05 Å². The van der Waals surface area contributed by atoms with Gasteiger partial charge < -0.3 is 0 Å². The summed E-state index contributed by atoms with van der Waals surface area (Å²) in [4.78, 5) is 0. The first-order chi connectivity index (χ1) is 12.4. The van der Waals surface area contributed by atoms with Gasteiger partial charge in [-0.3, -0.25) is 0 Å². The Morgan fingerprint density at radius 2 is 1.27 bits per heavy atom. The normalized spacial score (nSPS) is 15.0. The third-order valence-electron chi connectivity index (χ3n) is 5.91. The first kappa shape index (κ1) is 26.7. The van der Waals surface area contributed by atoms with Crippen LogP contribution in [0.2, 0.25) is 13.3 Å². The van der Waals surface area contributed by atoms with E-state index in [1.54, 1.807) is 0 Å². The van der Waals surface area contributed by atoms with E-state index in [2.05, 4.69) is 34.3 Å². The first-order valence-corrected chi connectivity index (χ1v) is 19.9. The van der Waals surface area contributed by atoms with Gasteiger partial charge in [-0.1, -0.05) is 0 Å². The molecule has 0 spiro atoms. The Kier molecular flexibility index (Phi) is 14.2. The van der Waals surface area contributed by atoms with Crippen LogP contribution in [0, 0.1) is 0 Å². The fraction of sp³-hybridized carbons (Fsp3) is 0.905. The van der Waals surface area contributed by atoms with Crippen molar-refractivity contribution in [3.63, 3.8) is 0 Å². The fourth-order valence-corrected chi connectivity index (χ4v) is 32.1. The summed E-state index contributed by atoms with van der Waals surface area (Å²) >= 11 is -2.89. The summed E-state index contributed by atoms with van der Waals surface area (Å²) in [5, 5.41) is 0. The van der Waals surface area contributed by atoms with Crippen LogP contribution in [0.15, 0.2) is 12.7 Å². The summed E-state index contributed by atoms with van der Waals surface area (Å²) in [5.74, 6) is 0. The molecule has 0 rings (SSSR count). The van der Waals surface area contributed by atoms with E-state index in [1.165, 1.54) is 51.8 Å². The Morgan fingerprint density at radius 1 is 0.885 bits per heavy atom. The van der Waals surface area contributed by atoms with Crippen LogP contribution in [0.5, 0.6) is 0 Å². The number of unbranched alkanes of at least 4 members (excludes halogenated alkanes) is 3. The minimum absolute atomic E-state index is 0.324. The molecule has 0 aromatic heterocycles. The van der Waals surface area contributed by atoms with Crippen molar-refractivity contribution >= 4 is 26.0 Å². The quantitative estimate of drug-likeness (QED) is 0.117. The zero-order valence-corrected chi connectivity index (χ0v) is 22.2. The van der Waals surface area contributed by atoms with E-state index in [0.717, 1.165) is 6.42 Å². The van der Waals surface area contributed by atoms with Gasteiger partial charge in [-0.2, -0.15) is 0 Å². The van der Waals surface area contributed by atoms with Gasteiger partial charge >= 0.3 is 168 Å². The van der Waals surface area contributed by atoms with Crippen molar-refractivity contribution in [3.05, 3.63) is 12.7 Å². The van der Waals surface area contributed by atoms with Crippen molar-refractivity contribution in [1.29, 1.82) is 0 Å². The van der Waals surface area contributed by atoms with Gasteiger partial charge in [0, 0.05) is 0 Å². The topological polar surface area (TPSA) is 35.5 Å². The van der Waals surface area contributed by atoms with E-state index in [1.807, 2.05) is 19.9 Å². The van der Waals surface area contributed by atoms with E-state index >= 15 is 0 Å². The van der Waals surface area contributed by atoms with Crippen molar-refractivity contribution in [2.75, 3.05) is 13.2 Å². The second kappa shape index (κ2) is 13.8. The Hall–Kier alpha value is 0.689. The number of allylic oxidation sites excluding steroid dienone is 1. The minimum atomic E-state index is -3.18. The molecule has 0 aliphatic carbocycles. The van der Waals surface area contributed by atoms with Crippen LogP contribution in [0.25, 0.3) is 0 Å². The molecular weight excluding hydrogens is 450 g/mol. The Balaban J connectivity index is 6.34. The van der Waals surface area contributed by atoms with Crippen LogP contribution >= 0.6 is 7.60 Å². The average Bonchev–Trinajstić information content (AvgIpc) is 2.61. The standard InChI is InChI=1S/C9H18O3P.3C4H9.Sn/c1-5-8-9(4)13(10,11-6-2)12-7-3;3*1-3-4-2;/h5H,1,6-8H2,2-4H3;3*1,3-4H2,2H3;. The fourth-order valence-electron chi connectivity index (χ4n) is 4.29. The van der Waals surface area contributed by atoms with Crippen LogP contribution in [0.4, 0.5) is 0 Å². The molecule has 3 nitrogen and oxygen atoms in total. The third kappa shape index (κ3) is 6.64. The predicted molar refractivity (Wildman–Crippen MR) is 119 cm³/mol. The molecule has 0 fully saturated rings. The summed E-state index contributed by atoms with van der Waals surface area (Å²) in [7, 11) is -3.18. The Morgan fingerprint density at radius 3 is 1.54 bits per heavy atom. The molecule has 0 bridgehead atoms. The SMILES string of the molecule is C=CC[C](C)(P(=O)(OCC)OCC)[Sn]([CH2]CCC)([CH2]CCC)[CH2]CCC.